The van der Waals surface area contributed by atoms with Gasteiger partial charge in [0, 0.05) is 5.37 Å². The highest BCUT2D eigenvalue weighted by molar-refractivity contribution is 8.00. The van der Waals surface area contributed by atoms with Crippen LogP contribution in [-0.2, 0) is 14.3 Å². The van der Waals surface area contributed by atoms with Gasteiger partial charge in [-0.15, -0.1) is 11.8 Å². The van der Waals surface area contributed by atoms with Gasteiger partial charge in [-0.25, -0.2) is 0 Å². The van der Waals surface area contributed by atoms with Crippen LogP contribution < -0.4 is 11.1 Å². The molecule has 0 aliphatic heterocycles. The maximum atomic E-state index is 11.0. The average molecular weight is 206 g/mol. The predicted octanol–water partition coefficient (Wildman–Crippen LogP) is -0.686. The van der Waals surface area contributed by atoms with Crippen LogP contribution in [0.15, 0.2) is 0 Å². The fraction of sp³-hybridized carbons (Fsp3) is 0.714. The summed E-state index contributed by atoms with van der Waals surface area (Å²) in [5, 5.41) is 2.32. The summed E-state index contributed by atoms with van der Waals surface area (Å²) in [6.45, 7) is 1.70. The minimum Gasteiger partial charge on any atom is -0.468 e. The van der Waals surface area contributed by atoms with E-state index < -0.39 is 5.97 Å². The van der Waals surface area contributed by atoms with E-state index in [1.807, 2.05) is 0 Å². The van der Waals surface area contributed by atoms with Crippen LogP contribution in [-0.4, -0.2) is 36.7 Å². The van der Waals surface area contributed by atoms with E-state index in [-0.39, 0.29) is 23.6 Å². The number of thioether (sulfide) groups is 1. The molecule has 0 radical (unpaired) electrons. The molecule has 1 amide bonds. The molecule has 0 fully saturated rings. The Morgan fingerprint density at radius 2 is 2.23 bits per heavy atom. The number of amides is 1. The number of nitrogens with two attached hydrogens (primary N) is 1. The van der Waals surface area contributed by atoms with Gasteiger partial charge in [-0.3, -0.25) is 9.59 Å². The molecule has 0 aliphatic rings. The first-order chi connectivity index (χ1) is 6.06. The second-order valence-electron chi connectivity index (χ2n) is 2.37. The maximum absolute atomic E-state index is 11.0. The molecule has 1 unspecified atom stereocenters. The van der Waals surface area contributed by atoms with Crippen molar-refractivity contribution in [1.82, 2.24) is 5.32 Å². The lowest BCUT2D eigenvalue weighted by Gasteiger charge is -2.05. The minimum absolute atomic E-state index is 0.0797. The summed E-state index contributed by atoms with van der Waals surface area (Å²) in [6, 6.07) is 0. The Hall–Kier alpha value is -0.750. The number of nitrogens with one attached hydrogen (secondary N) is 1. The number of carbonyl (C=O) groups excluding carboxylic acids is 2. The minimum atomic E-state index is -0.459. The van der Waals surface area contributed by atoms with Gasteiger partial charge in [0.25, 0.3) is 0 Å². The van der Waals surface area contributed by atoms with Crippen molar-refractivity contribution in [2.75, 3.05) is 19.4 Å². The zero-order valence-electron chi connectivity index (χ0n) is 7.70. The summed E-state index contributed by atoms with van der Waals surface area (Å²) < 4.78 is 4.34. The highest BCUT2D eigenvalue weighted by Crippen LogP contribution is 2.02. The smallest absolute Gasteiger partial charge is 0.325 e. The molecule has 0 bridgehead atoms. The van der Waals surface area contributed by atoms with Crippen molar-refractivity contribution in [3.8, 4) is 0 Å². The second kappa shape index (κ2) is 6.73. The Labute approximate surface area is 81.4 Å². The lowest BCUT2D eigenvalue weighted by Crippen LogP contribution is -2.32. The van der Waals surface area contributed by atoms with Crippen molar-refractivity contribution in [2.24, 2.45) is 5.73 Å². The number of carbonyl (C=O) groups is 2. The number of methoxy groups -OCH3 is 1. The number of hydrogen-bond donors (Lipinski definition) is 2. The number of rotatable bonds is 5. The Kier molecular flexibility index (Phi) is 6.34. The third-order valence-corrected chi connectivity index (χ3v) is 2.09. The molecule has 0 aromatic rings. The molecule has 0 saturated carbocycles. The number of ether oxygens (including phenoxy) is 1. The molecule has 0 rings (SSSR count). The van der Waals surface area contributed by atoms with Crippen LogP contribution in [0.2, 0.25) is 0 Å². The molecule has 13 heavy (non-hydrogen) atoms. The van der Waals surface area contributed by atoms with Crippen LogP contribution in [0.4, 0.5) is 0 Å². The quantitative estimate of drug-likeness (QED) is 0.460. The third-order valence-electron chi connectivity index (χ3n) is 1.13. The fourth-order valence-corrected chi connectivity index (χ4v) is 1.02. The molecular weight excluding hydrogens is 192 g/mol. The summed E-state index contributed by atoms with van der Waals surface area (Å²) in [7, 11) is 1.27. The van der Waals surface area contributed by atoms with E-state index in [4.69, 9.17) is 5.73 Å². The normalized spacial score (nSPS) is 11.9. The van der Waals surface area contributed by atoms with Gasteiger partial charge in [0.05, 0.1) is 12.9 Å². The van der Waals surface area contributed by atoms with E-state index in [9.17, 15) is 9.59 Å². The molecule has 0 heterocycles. The van der Waals surface area contributed by atoms with E-state index in [0.29, 0.717) is 0 Å². The van der Waals surface area contributed by atoms with Crippen molar-refractivity contribution in [2.45, 2.75) is 12.3 Å². The fourth-order valence-electron chi connectivity index (χ4n) is 0.501. The molecule has 5 nitrogen and oxygen atoms in total. The molecule has 1 atom stereocenters. The number of hydrogen-bond acceptors (Lipinski definition) is 5. The molecule has 0 aromatic heterocycles. The zero-order chi connectivity index (χ0) is 10.3. The van der Waals surface area contributed by atoms with Crippen LogP contribution in [0, 0.1) is 0 Å². The van der Waals surface area contributed by atoms with Gasteiger partial charge in [0.15, 0.2) is 0 Å². The standard InChI is InChI=1S/C7H14N2O3S/c1-5(8)13-4-6(10)9-3-7(11)12-2/h5H,3-4,8H2,1-2H3,(H,9,10). The first-order valence-corrected chi connectivity index (χ1v) is 4.82. The van der Waals surface area contributed by atoms with Gasteiger partial charge in [0.2, 0.25) is 5.91 Å². The predicted molar refractivity (Wildman–Crippen MR) is 51.1 cm³/mol. The number of esters is 1. The Morgan fingerprint density at radius 1 is 1.62 bits per heavy atom. The molecule has 0 spiro atoms. The van der Waals surface area contributed by atoms with Crippen LogP contribution in [0.25, 0.3) is 0 Å². The topological polar surface area (TPSA) is 81.4 Å². The molecule has 0 aromatic carbocycles. The van der Waals surface area contributed by atoms with Crippen LogP contribution >= 0.6 is 11.8 Å². The van der Waals surface area contributed by atoms with E-state index in [2.05, 4.69) is 10.1 Å². The van der Waals surface area contributed by atoms with Gasteiger partial charge in [0.1, 0.15) is 6.54 Å². The first kappa shape index (κ1) is 12.2. The largest absolute Gasteiger partial charge is 0.468 e. The molecule has 0 saturated heterocycles. The lowest BCUT2D eigenvalue weighted by atomic mass is 10.6. The van der Waals surface area contributed by atoms with Crippen molar-refractivity contribution >= 4 is 23.6 Å². The Bertz CT molecular complexity index is 185. The van der Waals surface area contributed by atoms with Crippen molar-refractivity contribution in [3.05, 3.63) is 0 Å². The average Bonchev–Trinajstić information content (AvgIpc) is 2.10. The summed E-state index contributed by atoms with van der Waals surface area (Å²) in [4.78, 5) is 21.6. The SMILES string of the molecule is COC(=O)CNC(=O)CSC(C)N. The highest BCUT2D eigenvalue weighted by atomic mass is 32.2. The summed E-state index contributed by atoms with van der Waals surface area (Å²) in [5.74, 6) is -0.416. The third kappa shape index (κ3) is 7.61. The molecule has 6 heteroatoms. The van der Waals surface area contributed by atoms with E-state index >= 15 is 0 Å². The highest BCUT2D eigenvalue weighted by Gasteiger charge is 2.05. The first-order valence-electron chi connectivity index (χ1n) is 3.77. The zero-order valence-corrected chi connectivity index (χ0v) is 8.52. The molecular formula is C7H14N2O3S. The van der Waals surface area contributed by atoms with Crippen LogP contribution in [0.3, 0.4) is 0 Å². The van der Waals surface area contributed by atoms with Gasteiger partial charge >= 0.3 is 5.97 Å². The Balaban J connectivity index is 3.46. The van der Waals surface area contributed by atoms with Crippen molar-refractivity contribution in [3.63, 3.8) is 0 Å². The molecule has 3 N–H and O–H groups in total. The van der Waals surface area contributed by atoms with E-state index in [1.54, 1.807) is 6.92 Å². The summed E-state index contributed by atoms with van der Waals surface area (Å²) in [5.41, 5.74) is 5.41. The van der Waals surface area contributed by atoms with Gasteiger partial charge in [-0.05, 0) is 6.92 Å². The second-order valence-corrected chi connectivity index (χ2v) is 3.73. The lowest BCUT2D eigenvalue weighted by molar-refractivity contribution is -0.140. The summed E-state index contributed by atoms with van der Waals surface area (Å²) >= 11 is 1.31. The van der Waals surface area contributed by atoms with Gasteiger partial charge < -0.3 is 15.8 Å². The van der Waals surface area contributed by atoms with Crippen molar-refractivity contribution in [1.29, 1.82) is 0 Å². The molecule has 0 aliphatic carbocycles. The van der Waals surface area contributed by atoms with Gasteiger partial charge in [-0.1, -0.05) is 0 Å². The van der Waals surface area contributed by atoms with Crippen molar-refractivity contribution < 1.29 is 14.3 Å². The Morgan fingerprint density at radius 3 is 2.69 bits per heavy atom. The van der Waals surface area contributed by atoms with E-state index in [1.165, 1.54) is 18.9 Å². The maximum Gasteiger partial charge on any atom is 0.325 e. The monoisotopic (exact) mass is 206 g/mol. The summed E-state index contributed by atoms with van der Waals surface area (Å²) in [6.07, 6.45) is 0. The van der Waals surface area contributed by atoms with E-state index in [0.717, 1.165) is 0 Å². The molecule has 76 valence electrons. The van der Waals surface area contributed by atoms with Crippen LogP contribution in [0.5, 0.6) is 0 Å². The van der Waals surface area contributed by atoms with Crippen LogP contribution in [0.1, 0.15) is 6.92 Å². The van der Waals surface area contributed by atoms with Gasteiger partial charge in [-0.2, -0.15) is 0 Å².